The molecule has 0 radical (unpaired) electrons. The van der Waals surface area contributed by atoms with Crippen molar-refractivity contribution in [3.8, 4) is 0 Å². The van der Waals surface area contributed by atoms with Gasteiger partial charge in [0.25, 0.3) is 5.91 Å². The maximum atomic E-state index is 12.3. The summed E-state index contributed by atoms with van der Waals surface area (Å²) in [5, 5.41) is 11.6. The second-order valence-corrected chi connectivity index (χ2v) is 17.1. The summed E-state index contributed by atoms with van der Waals surface area (Å²) in [6, 6.07) is 31.7. The van der Waals surface area contributed by atoms with Crippen molar-refractivity contribution in [1.82, 2.24) is 35.3 Å². The van der Waals surface area contributed by atoms with E-state index >= 15 is 0 Å². The first kappa shape index (κ1) is 51.4. The van der Waals surface area contributed by atoms with E-state index in [-0.39, 0.29) is 17.9 Å². The molecule has 0 bridgehead atoms. The van der Waals surface area contributed by atoms with Crippen LogP contribution < -0.4 is 16.0 Å². The largest absolute Gasteiger partial charge is 0.378 e. The third-order valence-electron chi connectivity index (χ3n) is 11.3. The van der Waals surface area contributed by atoms with E-state index in [9.17, 15) is 9.59 Å². The van der Waals surface area contributed by atoms with Gasteiger partial charge in [-0.15, -0.1) is 0 Å². The summed E-state index contributed by atoms with van der Waals surface area (Å²) in [5.74, 6) is 1.27. The van der Waals surface area contributed by atoms with Gasteiger partial charge >= 0.3 is 0 Å². The van der Waals surface area contributed by atoms with Crippen LogP contribution in [-0.2, 0) is 36.8 Å². The number of likely N-dealkylation sites (N-methyl/N-ethyl adjacent to an activating group) is 1. The minimum absolute atomic E-state index is 0.111. The molecule has 0 aliphatic carbocycles. The van der Waals surface area contributed by atoms with Crippen LogP contribution in [0, 0.1) is 0 Å². The van der Waals surface area contributed by atoms with Crippen LogP contribution in [-0.4, -0.2) is 149 Å². The van der Waals surface area contributed by atoms with Crippen LogP contribution in [0.1, 0.15) is 45.3 Å². The summed E-state index contributed by atoms with van der Waals surface area (Å²) < 4.78 is 22.6. The average Bonchev–Trinajstić information content (AvgIpc) is 3.35. The van der Waals surface area contributed by atoms with Gasteiger partial charge in [-0.1, -0.05) is 78.3 Å². The highest BCUT2D eigenvalue weighted by atomic mass is 35.5. The number of fused-ring (bicyclic) bond motifs is 1. The molecule has 1 saturated heterocycles. The van der Waals surface area contributed by atoms with Crippen molar-refractivity contribution in [1.29, 1.82) is 0 Å². The molecule has 16 heteroatoms. The Bertz CT molecular complexity index is 2220. The summed E-state index contributed by atoms with van der Waals surface area (Å²) in [6.07, 6.45) is 2.18. The van der Waals surface area contributed by atoms with Gasteiger partial charge in [0.15, 0.2) is 0 Å². The molecular formula is C51H64Cl2N8O6. The molecule has 1 aliphatic heterocycles. The Labute approximate surface area is 404 Å². The summed E-state index contributed by atoms with van der Waals surface area (Å²) in [7, 11) is 2.11. The fourth-order valence-corrected chi connectivity index (χ4v) is 7.89. The van der Waals surface area contributed by atoms with Crippen molar-refractivity contribution < 1.29 is 28.5 Å². The predicted octanol–water partition coefficient (Wildman–Crippen LogP) is 6.88. The first-order valence-electron chi connectivity index (χ1n) is 23.0. The zero-order valence-corrected chi connectivity index (χ0v) is 40.0. The molecule has 5 aromatic rings. The molecule has 0 atom stereocenters. The SMILES string of the molecule is C=CC(=O)NCc1ccc(C(=O)NCCOCCOCCOCCOCCN(C)CCCNc2nc(CN3CCN(C(c4ccc(Cl)cc4)c4ccc(Cl)cc4)CC3)nc3ccccc23)cc1. The molecule has 358 valence electrons. The number of carbonyl (C=O) groups is 2. The molecule has 0 unspecified atom stereocenters. The summed E-state index contributed by atoms with van der Waals surface area (Å²) >= 11 is 12.5. The Morgan fingerprint density at radius 3 is 1.94 bits per heavy atom. The lowest BCUT2D eigenvalue weighted by Gasteiger charge is -2.39. The van der Waals surface area contributed by atoms with Crippen molar-refractivity contribution in [3.63, 3.8) is 0 Å². The molecule has 14 nitrogen and oxygen atoms in total. The summed E-state index contributed by atoms with van der Waals surface area (Å²) in [4.78, 5) is 40.9. The number of rotatable bonds is 29. The number of nitrogens with one attached hydrogen (secondary N) is 3. The highest BCUT2D eigenvalue weighted by Gasteiger charge is 2.27. The average molecular weight is 956 g/mol. The molecule has 3 N–H and O–H groups in total. The maximum absolute atomic E-state index is 12.3. The monoisotopic (exact) mass is 954 g/mol. The van der Waals surface area contributed by atoms with E-state index < -0.39 is 0 Å². The Balaban J connectivity index is 0.786. The minimum Gasteiger partial charge on any atom is -0.378 e. The smallest absolute Gasteiger partial charge is 0.251 e. The quantitative estimate of drug-likeness (QED) is 0.0340. The molecule has 4 aromatic carbocycles. The van der Waals surface area contributed by atoms with Crippen LogP contribution in [0.15, 0.2) is 110 Å². The van der Waals surface area contributed by atoms with E-state index in [4.69, 9.17) is 52.1 Å². The number of anilines is 1. The van der Waals surface area contributed by atoms with Gasteiger partial charge in [-0.3, -0.25) is 19.4 Å². The van der Waals surface area contributed by atoms with Crippen molar-refractivity contribution in [2.45, 2.75) is 25.6 Å². The number of hydrogen-bond donors (Lipinski definition) is 3. The van der Waals surface area contributed by atoms with Crippen molar-refractivity contribution in [3.05, 3.63) is 148 Å². The summed E-state index contributed by atoms with van der Waals surface area (Å²) in [5.41, 5.74) is 4.80. The molecule has 2 amide bonds. The van der Waals surface area contributed by atoms with E-state index in [0.717, 1.165) is 90.4 Å². The number of amides is 2. The van der Waals surface area contributed by atoms with Gasteiger partial charge in [-0.25, -0.2) is 9.97 Å². The van der Waals surface area contributed by atoms with Gasteiger partial charge in [-0.2, -0.15) is 0 Å². The van der Waals surface area contributed by atoms with Gasteiger partial charge in [0.2, 0.25) is 5.91 Å². The normalized spacial score (nSPS) is 13.3. The molecule has 67 heavy (non-hydrogen) atoms. The lowest BCUT2D eigenvalue weighted by Crippen LogP contribution is -2.47. The van der Waals surface area contributed by atoms with Gasteiger partial charge in [0, 0.05) is 73.4 Å². The van der Waals surface area contributed by atoms with Crippen LogP contribution in [0.25, 0.3) is 10.9 Å². The molecule has 2 heterocycles. The van der Waals surface area contributed by atoms with Crippen LogP contribution in [0.2, 0.25) is 10.0 Å². The van der Waals surface area contributed by atoms with Crippen molar-refractivity contribution in [2.24, 2.45) is 0 Å². The van der Waals surface area contributed by atoms with Gasteiger partial charge in [0.05, 0.1) is 71.0 Å². The minimum atomic E-state index is -0.242. The fraction of sp³-hybridized carbons (Fsp3) is 0.412. The first-order valence-corrected chi connectivity index (χ1v) is 23.7. The van der Waals surface area contributed by atoms with E-state index in [1.54, 1.807) is 24.3 Å². The molecular weight excluding hydrogens is 892 g/mol. The number of halogens is 2. The molecule has 1 fully saturated rings. The van der Waals surface area contributed by atoms with E-state index in [1.807, 2.05) is 36.4 Å². The van der Waals surface area contributed by atoms with Crippen LogP contribution >= 0.6 is 23.2 Å². The third-order valence-corrected chi connectivity index (χ3v) is 11.8. The predicted molar refractivity (Wildman–Crippen MR) is 266 cm³/mol. The number of aromatic nitrogens is 2. The lowest BCUT2D eigenvalue weighted by molar-refractivity contribution is -0.116. The van der Waals surface area contributed by atoms with Crippen LogP contribution in [0.3, 0.4) is 0 Å². The molecule has 0 spiro atoms. The van der Waals surface area contributed by atoms with E-state index in [0.29, 0.717) is 78.1 Å². The first-order chi connectivity index (χ1) is 32.7. The Kier molecular flexibility index (Phi) is 21.8. The van der Waals surface area contributed by atoms with E-state index in [2.05, 4.69) is 80.7 Å². The molecule has 0 saturated carbocycles. The number of nitrogens with zero attached hydrogens (tertiary/aromatic N) is 5. The van der Waals surface area contributed by atoms with Crippen molar-refractivity contribution in [2.75, 3.05) is 118 Å². The Morgan fingerprint density at radius 2 is 1.31 bits per heavy atom. The van der Waals surface area contributed by atoms with Gasteiger partial charge in [0.1, 0.15) is 11.6 Å². The number of benzene rings is 4. The highest BCUT2D eigenvalue weighted by Crippen LogP contribution is 2.32. The lowest BCUT2D eigenvalue weighted by atomic mass is 9.96. The second-order valence-electron chi connectivity index (χ2n) is 16.2. The van der Waals surface area contributed by atoms with Crippen LogP contribution in [0.4, 0.5) is 5.82 Å². The van der Waals surface area contributed by atoms with Crippen LogP contribution in [0.5, 0.6) is 0 Å². The molecule has 1 aliphatic rings. The topological polar surface area (TPSA) is 143 Å². The molecule has 1 aromatic heterocycles. The van der Waals surface area contributed by atoms with Crippen molar-refractivity contribution >= 4 is 51.7 Å². The maximum Gasteiger partial charge on any atom is 0.251 e. The number of para-hydroxylation sites is 1. The third kappa shape index (κ3) is 17.5. The standard InChI is InChI=1S/C51H64Cl2N8O6/c1-3-48(62)56-37-39-9-11-42(12-10-39)51(63)55-22-29-64-31-33-66-35-36-67-34-32-65-30-28-59(2)23-6-21-54-50-45-7-4-5-8-46(45)57-47(58-50)38-60-24-26-61(27-25-60)49(40-13-17-43(52)18-14-40)41-15-19-44(53)20-16-41/h3-5,7-20,49H,1,6,21-38H2,2H3,(H,55,63)(H,56,62)(H,54,57,58). The summed E-state index contributed by atoms with van der Waals surface area (Å²) in [6.45, 7) is 14.9. The molecule has 6 rings (SSSR count). The van der Waals surface area contributed by atoms with Gasteiger partial charge < -0.3 is 39.8 Å². The number of carbonyl (C=O) groups excluding carboxylic acids is 2. The number of hydrogen-bond acceptors (Lipinski definition) is 12. The number of ether oxygens (including phenoxy) is 4. The second kappa shape index (κ2) is 28.4. The van der Waals surface area contributed by atoms with E-state index in [1.165, 1.54) is 17.2 Å². The Morgan fingerprint density at radius 1 is 0.716 bits per heavy atom. The zero-order chi connectivity index (χ0) is 47.1. The van der Waals surface area contributed by atoms with Gasteiger partial charge in [-0.05, 0) is 91.3 Å². The highest BCUT2D eigenvalue weighted by molar-refractivity contribution is 6.30. The Hall–Kier alpha value is -5.00. The number of piperazine rings is 1. The fourth-order valence-electron chi connectivity index (χ4n) is 7.64. The zero-order valence-electron chi connectivity index (χ0n) is 38.5.